The van der Waals surface area contributed by atoms with Crippen LogP contribution in [0.4, 0.5) is 4.79 Å². The van der Waals surface area contributed by atoms with E-state index in [-0.39, 0.29) is 17.5 Å². The molecule has 2 N–H and O–H groups in total. The molecule has 0 unspecified atom stereocenters. The standard InChI is InChI=1S/C21H28BrNO6/c1-10-14(19(24)25)15(16(22)18-17(10)27-11(2)28-18)12-6-8-13(9-7-12)23-20(26)29-21(3,4)5/h11-13H,6-9H2,1-5H3,(H,23,26)(H,24,25)/t11-,12-,13-/m1/s1. The Balaban J connectivity index is 1.79. The quantitative estimate of drug-likeness (QED) is 0.637. The molecule has 1 aliphatic carbocycles. The molecule has 2 aliphatic rings. The lowest BCUT2D eigenvalue weighted by Crippen LogP contribution is -2.40. The molecule has 3 rings (SSSR count). The number of amides is 1. The van der Waals surface area contributed by atoms with Crippen molar-refractivity contribution in [3.8, 4) is 11.5 Å². The van der Waals surface area contributed by atoms with Crippen molar-refractivity contribution in [2.45, 2.75) is 84.2 Å². The maximum absolute atomic E-state index is 12.1. The topological polar surface area (TPSA) is 94.1 Å². The monoisotopic (exact) mass is 469 g/mol. The van der Waals surface area contributed by atoms with Crippen LogP contribution in [0.15, 0.2) is 4.47 Å². The zero-order chi connectivity index (χ0) is 21.5. The number of alkyl carbamates (subject to hydrolysis) is 1. The van der Waals surface area contributed by atoms with Crippen LogP contribution in [0.2, 0.25) is 0 Å². The summed E-state index contributed by atoms with van der Waals surface area (Å²) in [6.07, 6.45) is 2.15. The van der Waals surface area contributed by atoms with Crippen molar-refractivity contribution >= 4 is 28.0 Å². The second kappa shape index (κ2) is 8.05. The van der Waals surface area contributed by atoms with E-state index in [0.29, 0.717) is 21.5 Å². The summed E-state index contributed by atoms with van der Waals surface area (Å²) in [4.78, 5) is 24.1. The Bertz CT molecular complexity index is 824. The van der Waals surface area contributed by atoms with Crippen LogP contribution in [-0.4, -0.2) is 35.1 Å². The number of hydrogen-bond acceptors (Lipinski definition) is 5. The van der Waals surface area contributed by atoms with Crippen molar-refractivity contribution in [2.24, 2.45) is 0 Å². The highest BCUT2D eigenvalue weighted by Crippen LogP contribution is 2.51. The van der Waals surface area contributed by atoms with E-state index in [1.165, 1.54) is 0 Å². The first-order valence-corrected chi connectivity index (χ1v) is 10.7. The van der Waals surface area contributed by atoms with Gasteiger partial charge in [0.15, 0.2) is 11.5 Å². The van der Waals surface area contributed by atoms with E-state index in [2.05, 4.69) is 21.2 Å². The van der Waals surface area contributed by atoms with Gasteiger partial charge in [0.2, 0.25) is 6.29 Å². The highest BCUT2D eigenvalue weighted by atomic mass is 79.9. The molecule has 1 atom stereocenters. The Kier molecular flexibility index (Phi) is 6.03. The average molecular weight is 470 g/mol. The van der Waals surface area contributed by atoms with E-state index >= 15 is 0 Å². The fourth-order valence-corrected chi connectivity index (χ4v) is 4.88. The molecular weight excluding hydrogens is 442 g/mol. The molecule has 7 nitrogen and oxygen atoms in total. The van der Waals surface area contributed by atoms with Crippen molar-refractivity contribution < 1.29 is 28.9 Å². The van der Waals surface area contributed by atoms with Gasteiger partial charge in [-0.3, -0.25) is 0 Å². The zero-order valence-corrected chi connectivity index (χ0v) is 19.0. The van der Waals surface area contributed by atoms with E-state index in [9.17, 15) is 14.7 Å². The summed E-state index contributed by atoms with van der Waals surface area (Å²) >= 11 is 3.58. The highest BCUT2D eigenvalue weighted by molar-refractivity contribution is 9.10. The number of hydrogen-bond donors (Lipinski definition) is 2. The zero-order valence-electron chi connectivity index (χ0n) is 17.4. The number of fused-ring (bicyclic) bond motifs is 1. The van der Waals surface area contributed by atoms with Crippen LogP contribution in [0, 0.1) is 6.92 Å². The summed E-state index contributed by atoms with van der Waals surface area (Å²) in [6.45, 7) is 9.03. The molecule has 1 aliphatic heterocycles. The van der Waals surface area contributed by atoms with Crippen molar-refractivity contribution in [3.63, 3.8) is 0 Å². The third-order valence-electron chi connectivity index (χ3n) is 5.26. The Morgan fingerprint density at radius 1 is 1.14 bits per heavy atom. The minimum Gasteiger partial charge on any atom is -0.478 e. The molecule has 1 aromatic rings. The number of carboxylic acid groups (broad SMARTS) is 1. The molecule has 1 amide bonds. The van der Waals surface area contributed by atoms with Crippen LogP contribution >= 0.6 is 15.9 Å². The van der Waals surface area contributed by atoms with Gasteiger partial charge in [-0.2, -0.15) is 0 Å². The third kappa shape index (κ3) is 4.63. The smallest absolute Gasteiger partial charge is 0.407 e. The van der Waals surface area contributed by atoms with Gasteiger partial charge in [-0.15, -0.1) is 0 Å². The summed E-state index contributed by atoms with van der Waals surface area (Å²) in [7, 11) is 0. The van der Waals surface area contributed by atoms with Gasteiger partial charge in [-0.1, -0.05) is 0 Å². The lowest BCUT2D eigenvalue weighted by Gasteiger charge is -2.31. The Morgan fingerprint density at radius 3 is 2.28 bits per heavy atom. The van der Waals surface area contributed by atoms with E-state index in [1.807, 2.05) is 20.8 Å². The number of carbonyl (C=O) groups excluding carboxylic acids is 1. The summed E-state index contributed by atoms with van der Waals surface area (Å²) in [5, 5.41) is 12.8. The molecule has 8 heteroatoms. The molecule has 1 heterocycles. The number of benzene rings is 1. The van der Waals surface area contributed by atoms with Crippen LogP contribution in [-0.2, 0) is 4.74 Å². The number of nitrogens with one attached hydrogen (secondary N) is 1. The molecule has 0 radical (unpaired) electrons. The van der Waals surface area contributed by atoms with Gasteiger partial charge in [-0.25, -0.2) is 9.59 Å². The summed E-state index contributed by atoms with van der Waals surface area (Å²) in [5.74, 6) is 0.142. The van der Waals surface area contributed by atoms with Gasteiger partial charge >= 0.3 is 12.1 Å². The number of halogens is 1. The summed E-state index contributed by atoms with van der Waals surface area (Å²) in [5.41, 5.74) is 1.08. The number of carboxylic acids is 1. The molecule has 0 saturated heterocycles. The second-order valence-corrected chi connectivity index (χ2v) is 9.48. The Morgan fingerprint density at radius 2 is 1.72 bits per heavy atom. The maximum Gasteiger partial charge on any atom is 0.407 e. The Hall–Kier alpha value is -1.96. The Labute approximate surface area is 179 Å². The van der Waals surface area contributed by atoms with Gasteiger partial charge in [0, 0.05) is 18.5 Å². The molecule has 1 fully saturated rings. The minimum atomic E-state index is -0.974. The van der Waals surface area contributed by atoms with Gasteiger partial charge in [0.25, 0.3) is 0 Å². The summed E-state index contributed by atoms with van der Waals surface area (Å²) < 4.78 is 17.4. The molecule has 0 bridgehead atoms. The van der Waals surface area contributed by atoms with Crippen LogP contribution in [0.25, 0.3) is 0 Å². The third-order valence-corrected chi connectivity index (χ3v) is 6.05. The van der Waals surface area contributed by atoms with Crippen LogP contribution < -0.4 is 14.8 Å². The number of aromatic carboxylic acids is 1. The molecule has 29 heavy (non-hydrogen) atoms. The number of rotatable bonds is 3. The van der Waals surface area contributed by atoms with Gasteiger partial charge in [0.05, 0.1) is 10.0 Å². The first-order valence-electron chi connectivity index (χ1n) is 9.90. The van der Waals surface area contributed by atoms with Crippen molar-refractivity contribution in [3.05, 3.63) is 21.2 Å². The lowest BCUT2D eigenvalue weighted by atomic mass is 9.79. The SMILES string of the molecule is Cc1c2c(c(Br)c([C@H]3CC[C@H](NC(=O)OC(C)(C)C)CC3)c1C(=O)O)O[C@H](C)O2. The molecular formula is C21H28BrNO6. The summed E-state index contributed by atoms with van der Waals surface area (Å²) in [6, 6.07) is 0.0169. The van der Waals surface area contributed by atoms with E-state index in [4.69, 9.17) is 14.2 Å². The maximum atomic E-state index is 12.1. The fraction of sp³-hybridized carbons (Fsp3) is 0.619. The fourth-order valence-electron chi connectivity index (χ4n) is 4.08. The molecule has 1 saturated carbocycles. The lowest BCUT2D eigenvalue weighted by molar-refractivity contribution is 0.0491. The van der Waals surface area contributed by atoms with Crippen molar-refractivity contribution in [1.29, 1.82) is 0 Å². The average Bonchev–Trinajstić information content (AvgIpc) is 2.99. The minimum absolute atomic E-state index is 0.0169. The molecule has 1 aromatic carbocycles. The van der Waals surface area contributed by atoms with Crippen LogP contribution in [0.1, 0.15) is 80.8 Å². The second-order valence-electron chi connectivity index (χ2n) is 8.69. The van der Waals surface area contributed by atoms with E-state index in [1.54, 1.807) is 13.8 Å². The predicted molar refractivity (Wildman–Crippen MR) is 111 cm³/mol. The normalized spacial score (nSPS) is 23.6. The van der Waals surface area contributed by atoms with Gasteiger partial charge in [-0.05, 0) is 80.8 Å². The number of ether oxygens (including phenoxy) is 3. The first-order chi connectivity index (χ1) is 13.5. The molecule has 160 valence electrons. The van der Waals surface area contributed by atoms with Crippen LogP contribution in [0.5, 0.6) is 11.5 Å². The highest BCUT2D eigenvalue weighted by Gasteiger charge is 2.36. The van der Waals surface area contributed by atoms with E-state index < -0.39 is 24.0 Å². The van der Waals surface area contributed by atoms with Crippen molar-refractivity contribution in [1.82, 2.24) is 5.32 Å². The molecule has 0 aromatic heterocycles. The molecule has 0 spiro atoms. The van der Waals surface area contributed by atoms with Crippen molar-refractivity contribution in [2.75, 3.05) is 0 Å². The largest absolute Gasteiger partial charge is 0.478 e. The first kappa shape index (κ1) is 21.7. The number of carbonyl (C=O) groups is 2. The van der Waals surface area contributed by atoms with Gasteiger partial charge in [0.1, 0.15) is 5.60 Å². The van der Waals surface area contributed by atoms with Gasteiger partial charge < -0.3 is 24.6 Å². The van der Waals surface area contributed by atoms with E-state index in [0.717, 1.165) is 31.2 Å². The van der Waals surface area contributed by atoms with Crippen LogP contribution in [0.3, 0.4) is 0 Å². The predicted octanol–water partition coefficient (Wildman–Crippen LogP) is 5.12.